The van der Waals surface area contributed by atoms with Crippen molar-refractivity contribution in [2.75, 3.05) is 13.1 Å². The molecule has 1 fully saturated rings. The fourth-order valence-electron chi connectivity index (χ4n) is 4.39. The second-order valence-corrected chi connectivity index (χ2v) is 8.19. The molecule has 158 valence electrons. The highest BCUT2D eigenvalue weighted by molar-refractivity contribution is 5.95. The summed E-state index contributed by atoms with van der Waals surface area (Å²) in [4.78, 5) is 27.2. The number of amides is 2. The van der Waals surface area contributed by atoms with Gasteiger partial charge in [0.2, 0.25) is 5.91 Å². The number of rotatable bonds is 5. The number of carbonyl (C=O) groups excluding carboxylic acids is 2. The third-order valence-corrected chi connectivity index (χ3v) is 6.09. The first-order valence-corrected chi connectivity index (χ1v) is 10.5. The molecule has 4 rings (SSSR count). The summed E-state index contributed by atoms with van der Waals surface area (Å²) in [6, 6.07) is 23.3. The highest BCUT2D eigenvalue weighted by Gasteiger charge is 2.42. The van der Waals surface area contributed by atoms with Crippen LogP contribution in [0.1, 0.15) is 28.8 Å². The molecule has 0 bridgehead atoms. The van der Waals surface area contributed by atoms with Gasteiger partial charge in [-0.15, -0.1) is 0 Å². The maximum absolute atomic E-state index is 14.1. The highest BCUT2D eigenvalue weighted by Crippen LogP contribution is 2.35. The number of carbonyl (C=O) groups is 2. The lowest BCUT2D eigenvalue weighted by Gasteiger charge is -2.41. The van der Waals surface area contributed by atoms with Crippen molar-refractivity contribution in [3.63, 3.8) is 0 Å². The molecule has 1 saturated heterocycles. The predicted octanol–water partition coefficient (Wildman–Crippen LogP) is 4.44. The van der Waals surface area contributed by atoms with Gasteiger partial charge in [-0.1, -0.05) is 60.7 Å². The molecule has 1 atom stereocenters. The van der Waals surface area contributed by atoms with Crippen LogP contribution >= 0.6 is 0 Å². The number of piperidine rings is 1. The normalized spacial score (nSPS) is 18.5. The van der Waals surface area contributed by atoms with Gasteiger partial charge in [0.15, 0.2) is 0 Å². The van der Waals surface area contributed by atoms with Crippen molar-refractivity contribution >= 4 is 11.8 Å². The van der Waals surface area contributed by atoms with Gasteiger partial charge in [-0.25, -0.2) is 4.39 Å². The SMILES string of the molecule is NC(=O)[C@]1(Cc2ccc(-c3ccccc3F)cc2)CCCN(C(=O)c2ccccc2)C1. The van der Waals surface area contributed by atoms with E-state index >= 15 is 0 Å². The Balaban J connectivity index is 1.55. The summed E-state index contributed by atoms with van der Waals surface area (Å²) in [5, 5.41) is 0. The molecule has 1 aliphatic heterocycles. The van der Waals surface area contributed by atoms with E-state index < -0.39 is 11.3 Å². The minimum absolute atomic E-state index is 0.0826. The lowest BCUT2D eigenvalue weighted by molar-refractivity contribution is -0.130. The first-order chi connectivity index (χ1) is 15.0. The van der Waals surface area contributed by atoms with Gasteiger partial charge in [-0.2, -0.15) is 0 Å². The van der Waals surface area contributed by atoms with Crippen LogP contribution in [-0.2, 0) is 11.2 Å². The van der Waals surface area contributed by atoms with Crippen LogP contribution in [0, 0.1) is 11.2 Å². The zero-order valence-electron chi connectivity index (χ0n) is 17.3. The standard InChI is InChI=1S/C26H25FN2O2/c27-23-10-5-4-9-22(23)20-13-11-19(12-14-20)17-26(25(28)31)15-6-16-29(18-26)24(30)21-7-2-1-3-8-21/h1-5,7-14H,6,15-18H2,(H2,28,31)/t26-/m0/s1. The van der Waals surface area contributed by atoms with Gasteiger partial charge in [0, 0.05) is 24.2 Å². The third kappa shape index (κ3) is 4.36. The molecule has 2 amide bonds. The van der Waals surface area contributed by atoms with E-state index in [1.54, 1.807) is 35.2 Å². The molecule has 1 aliphatic rings. The summed E-state index contributed by atoms with van der Waals surface area (Å²) in [6.07, 6.45) is 1.79. The number of nitrogens with zero attached hydrogens (tertiary/aromatic N) is 1. The Morgan fingerprint density at radius 3 is 2.29 bits per heavy atom. The van der Waals surface area contributed by atoms with E-state index in [1.165, 1.54) is 6.07 Å². The number of nitrogens with two attached hydrogens (primary N) is 1. The highest BCUT2D eigenvalue weighted by atomic mass is 19.1. The van der Waals surface area contributed by atoms with Crippen molar-refractivity contribution in [3.8, 4) is 11.1 Å². The van der Waals surface area contributed by atoms with E-state index in [1.807, 2.05) is 42.5 Å². The lowest BCUT2D eigenvalue weighted by Crippen LogP contribution is -2.53. The zero-order chi connectivity index (χ0) is 21.8. The third-order valence-electron chi connectivity index (χ3n) is 6.09. The molecular weight excluding hydrogens is 391 g/mol. The van der Waals surface area contributed by atoms with Gasteiger partial charge in [0.25, 0.3) is 5.91 Å². The van der Waals surface area contributed by atoms with E-state index in [4.69, 9.17) is 5.73 Å². The molecule has 31 heavy (non-hydrogen) atoms. The maximum Gasteiger partial charge on any atom is 0.253 e. The zero-order valence-corrected chi connectivity index (χ0v) is 17.3. The molecular formula is C26H25FN2O2. The topological polar surface area (TPSA) is 63.4 Å². The number of primary amides is 1. The number of benzene rings is 3. The largest absolute Gasteiger partial charge is 0.369 e. The van der Waals surface area contributed by atoms with Crippen LogP contribution in [0.25, 0.3) is 11.1 Å². The lowest BCUT2D eigenvalue weighted by atomic mass is 9.74. The van der Waals surface area contributed by atoms with Gasteiger partial charge in [-0.05, 0) is 48.6 Å². The van der Waals surface area contributed by atoms with Crippen molar-refractivity contribution < 1.29 is 14.0 Å². The Kier molecular flexibility index (Phi) is 5.85. The minimum atomic E-state index is -0.817. The summed E-state index contributed by atoms with van der Waals surface area (Å²) in [5.74, 6) is -0.747. The molecule has 0 spiro atoms. The summed E-state index contributed by atoms with van der Waals surface area (Å²) in [6.45, 7) is 0.903. The fraction of sp³-hybridized carbons (Fsp3) is 0.231. The summed E-state index contributed by atoms with van der Waals surface area (Å²) >= 11 is 0. The van der Waals surface area contributed by atoms with Gasteiger partial charge in [0.05, 0.1) is 5.41 Å². The predicted molar refractivity (Wildman–Crippen MR) is 119 cm³/mol. The van der Waals surface area contributed by atoms with E-state index in [-0.39, 0.29) is 11.7 Å². The second-order valence-electron chi connectivity index (χ2n) is 8.19. The molecule has 0 aliphatic carbocycles. The quantitative estimate of drug-likeness (QED) is 0.668. The molecule has 0 unspecified atom stereocenters. The Morgan fingerprint density at radius 1 is 0.935 bits per heavy atom. The Bertz CT molecular complexity index is 1080. The molecule has 5 heteroatoms. The van der Waals surface area contributed by atoms with Crippen LogP contribution in [0.2, 0.25) is 0 Å². The van der Waals surface area contributed by atoms with Gasteiger partial charge in [-0.3, -0.25) is 9.59 Å². The smallest absolute Gasteiger partial charge is 0.253 e. The maximum atomic E-state index is 14.1. The molecule has 1 heterocycles. The number of hydrogen-bond acceptors (Lipinski definition) is 2. The van der Waals surface area contributed by atoms with Crippen LogP contribution in [-0.4, -0.2) is 29.8 Å². The minimum Gasteiger partial charge on any atom is -0.369 e. The van der Waals surface area contributed by atoms with Crippen LogP contribution in [0.4, 0.5) is 4.39 Å². The average molecular weight is 416 g/mol. The summed E-state index contributed by atoms with van der Waals surface area (Å²) < 4.78 is 14.1. The Morgan fingerprint density at radius 2 is 1.61 bits per heavy atom. The molecule has 4 nitrogen and oxygen atoms in total. The first kappa shape index (κ1) is 20.8. The molecule has 3 aromatic rings. The van der Waals surface area contributed by atoms with E-state index in [0.29, 0.717) is 37.1 Å². The van der Waals surface area contributed by atoms with Gasteiger partial charge >= 0.3 is 0 Å². The average Bonchev–Trinajstić information content (AvgIpc) is 2.80. The first-order valence-electron chi connectivity index (χ1n) is 10.5. The fourth-order valence-corrected chi connectivity index (χ4v) is 4.39. The van der Waals surface area contributed by atoms with Crippen molar-refractivity contribution in [2.24, 2.45) is 11.1 Å². The number of likely N-dealkylation sites (tertiary alicyclic amines) is 1. The van der Waals surface area contributed by atoms with Crippen LogP contribution < -0.4 is 5.73 Å². The summed E-state index contributed by atoms with van der Waals surface area (Å²) in [5.41, 5.74) is 7.91. The number of hydrogen-bond donors (Lipinski definition) is 1. The van der Waals surface area contributed by atoms with Crippen molar-refractivity contribution in [1.29, 1.82) is 0 Å². The van der Waals surface area contributed by atoms with Crippen molar-refractivity contribution in [3.05, 3.63) is 95.8 Å². The number of halogens is 1. The van der Waals surface area contributed by atoms with E-state index in [0.717, 1.165) is 17.5 Å². The second kappa shape index (κ2) is 8.72. The van der Waals surface area contributed by atoms with Crippen LogP contribution in [0.3, 0.4) is 0 Å². The molecule has 2 N–H and O–H groups in total. The molecule has 3 aromatic carbocycles. The molecule has 0 saturated carbocycles. The van der Waals surface area contributed by atoms with Gasteiger partial charge in [0.1, 0.15) is 5.82 Å². The van der Waals surface area contributed by atoms with Crippen LogP contribution in [0.15, 0.2) is 78.9 Å². The summed E-state index contributed by atoms with van der Waals surface area (Å²) in [7, 11) is 0. The Hall–Kier alpha value is -3.47. The van der Waals surface area contributed by atoms with Gasteiger partial charge < -0.3 is 10.6 Å². The molecule has 0 radical (unpaired) electrons. The van der Waals surface area contributed by atoms with Crippen molar-refractivity contribution in [1.82, 2.24) is 4.90 Å². The molecule has 0 aromatic heterocycles. The van der Waals surface area contributed by atoms with Crippen molar-refractivity contribution in [2.45, 2.75) is 19.3 Å². The monoisotopic (exact) mass is 416 g/mol. The van der Waals surface area contributed by atoms with E-state index in [9.17, 15) is 14.0 Å². The van der Waals surface area contributed by atoms with E-state index in [2.05, 4.69) is 0 Å². The Labute approximate surface area is 181 Å². The van der Waals surface area contributed by atoms with Crippen LogP contribution in [0.5, 0.6) is 0 Å².